The molecule has 0 saturated carbocycles. The Hall–Kier alpha value is -14.9. The number of nitrogens with zero attached hydrogens (tertiary/aromatic N) is 15. The van der Waals surface area contributed by atoms with Gasteiger partial charge in [0.2, 0.25) is 0 Å². The van der Waals surface area contributed by atoms with Gasteiger partial charge in [0.25, 0.3) is 0 Å². The summed E-state index contributed by atoms with van der Waals surface area (Å²) in [4.78, 5) is 120. The van der Waals surface area contributed by atoms with Crippen molar-refractivity contribution in [3.63, 3.8) is 0 Å². The molecule has 0 N–H and O–H groups in total. The topological polar surface area (TPSA) is 464 Å². The molecule has 0 radical (unpaired) electrons. The van der Waals surface area contributed by atoms with Crippen LogP contribution in [0.3, 0.4) is 0 Å². The van der Waals surface area contributed by atoms with E-state index in [0.29, 0.717) is 0 Å². The van der Waals surface area contributed by atoms with E-state index >= 15 is 87.8 Å². The van der Waals surface area contributed by atoms with E-state index in [4.69, 9.17) is 71.1 Å². The minimum atomic E-state index is -3.11. The number of hydrogen-bond acceptors (Lipinski definition) is 20. The molecule has 8 aromatic rings. The summed E-state index contributed by atoms with van der Waals surface area (Å²) < 4.78 is 465. The van der Waals surface area contributed by atoms with Gasteiger partial charge < -0.3 is 49.0 Å². The molecule has 8 rings (SSSR count). The standard InChI is InChI=1S/C45H36F16O8.C45H36F12N12O8.N3.Na/c1-13(2)17-21(29(50)37(58)33(54)25(17)46)41(62)66-9-45(10-67-42(63)22-18(14(3)4)26(47)34(55)38(59)30(22)51,11-68-43(64)23-19(15(5)6)27(48)35(56)39(60)31(23)52)12-69-44(65)24-20(16(7)8)28(49)36(57)40(61)32(24)53;1-13(2)17-21(25(46)33(54)37(29(17)50)62-66-58)41(70)74-9-45(10-75-42(71)22-18(14(3)4)30(51)38(63-67-59)34(55)26(22)47,11-76-43(72)23-19(15(5)6)31(52)39(64-68-60)35(56)27(23)48)12-77-44(73)24-20(16(7)8)32(53)40(65-69-61)36(57)28(24)49;1-3-2;/h13-16H,9-12H2,1-8H3;13-16H,9-12H2,1-8H3;;/q;;-1;+1. The Morgan fingerprint density at radius 1 is 0.193 bits per heavy atom. The summed E-state index contributed by atoms with van der Waals surface area (Å²) in [6.07, 6.45) is 0. The van der Waals surface area contributed by atoms with Gasteiger partial charge in [0.05, 0.1) is 0 Å². The Balaban J connectivity index is 0.000000513. The van der Waals surface area contributed by atoms with Crippen LogP contribution in [0, 0.1) is 174 Å². The summed E-state index contributed by atoms with van der Waals surface area (Å²) in [7, 11) is 0. The first kappa shape index (κ1) is 126. The van der Waals surface area contributed by atoms with Gasteiger partial charge >= 0.3 is 77.3 Å². The molecule has 0 aliphatic heterocycles. The molecule has 0 heterocycles. The number of carbonyl (C=O) groups is 8. The van der Waals surface area contributed by atoms with Crippen LogP contribution in [0.4, 0.5) is 146 Å². The summed E-state index contributed by atoms with van der Waals surface area (Å²) in [5, 5.41) is 11.0. The predicted octanol–water partition coefficient (Wildman–Crippen LogP) is 25.3. The number of carbonyl (C=O) groups excluding carboxylic acids is 8. The van der Waals surface area contributed by atoms with E-state index in [-0.39, 0.29) is 29.6 Å². The van der Waals surface area contributed by atoms with Crippen molar-refractivity contribution < 1.29 is 229 Å². The Morgan fingerprint density at radius 2 is 0.293 bits per heavy atom. The van der Waals surface area contributed by atoms with Crippen LogP contribution in [0.25, 0.3) is 57.7 Å². The largest absolute Gasteiger partial charge is 1.00 e. The second-order valence-corrected chi connectivity index (χ2v) is 34.2. The molecule has 60 heteroatoms. The Labute approximate surface area is 847 Å². The van der Waals surface area contributed by atoms with E-state index in [2.05, 4.69) is 40.1 Å². The van der Waals surface area contributed by atoms with Crippen molar-refractivity contribution in [3.05, 3.63) is 310 Å². The number of hydrogen-bond donors (Lipinski definition) is 0. The summed E-state index contributed by atoms with van der Waals surface area (Å²) >= 11 is 0. The molecular weight excluding hydrogens is 2100 g/mol. The van der Waals surface area contributed by atoms with Crippen LogP contribution in [0.15, 0.2) is 20.5 Å². The van der Waals surface area contributed by atoms with Gasteiger partial charge in [0, 0.05) is 64.2 Å². The molecule has 0 aliphatic rings. The van der Waals surface area contributed by atoms with E-state index in [1.165, 1.54) is 4.91 Å². The third-order valence-electron chi connectivity index (χ3n) is 21.5. The molecule has 0 spiro atoms. The van der Waals surface area contributed by atoms with E-state index in [1.54, 1.807) is 0 Å². The maximum absolute atomic E-state index is 15.8. The number of benzene rings is 8. The fraction of sp³-hybridized carbons (Fsp3) is 0.378. The second-order valence-electron chi connectivity index (χ2n) is 34.2. The Kier molecular flexibility index (Phi) is 43.4. The van der Waals surface area contributed by atoms with Crippen molar-refractivity contribution in [3.8, 4) is 0 Å². The van der Waals surface area contributed by atoms with Gasteiger partial charge in [0.1, 0.15) is 154 Å². The molecule has 0 amide bonds. The average molecular weight is 2170 g/mol. The van der Waals surface area contributed by atoms with Crippen LogP contribution in [0.2, 0.25) is 0 Å². The molecule has 150 heavy (non-hydrogen) atoms. The van der Waals surface area contributed by atoms with Crippen molar-refractivity contribution in [2.45, 2.75) is 158 Å². The van der Waals surface area contributed by atoms with Crippen LogP contribution >= 0.6 is 0 Å². The number of halogens is 28. The zero-order valence-electron chi connectivity index (χ0n) is 80.1. The van der Waals surface area contributed by atoms with Gasteiger partial charge in [0.15, 0.2) is 140 Å². The summed E-state index contributed by atoms with van der Waals surface area (Å²) in [6.45, 7) is 2.75. The number of ether oxygens (including phenoxy) is 8. The molecule has 0 fully saturated rings. The van der Waals surface area contributed by atoms with Crippen LogP contribution < -0.4 is 29.6 Å². The summed E-state index contributed by atoms with van der Waals surface area (Å²) in [6, 6.07) is 0. The van der Waals surface area contributed by atoms with Crippen LogP contribution in [-0.4, -0.2) is 101 Å². The van der Waals surface area contributed by atoms with Gasteiger partial charge in [-0.3, -0.25) is 4.91 Å². The molecule has 0 aliphatic carbocycles. The first-order valence-corrected chi connectivity index (χ1v) is 42.1. The van der Waals surface area contributed by atoms with Gasteiger partial charge in [-0.15, -0.1) is 0 Å². The summed E-state index contributed by atoms with van der Waals surface area (Å²) in [5.41, 5.74) is 14.2. The number of rotatable bonds is 36. The molecule has 0 aromatic heterocycles. The van der Waals surface area contributed by atoms with E-state index in [0.717, 1.165) is 111 Å². The molecule has 31 nitrogen and oxygen atoms in total. The van der Waals surface area contributed by atoms with Crippen LogP contribution in [-0.2, 0) is 37.9 Å². The molecule has 0 saturated heterocycles. The second kappa shape index (κ2) is 51.8. The third kappa shape index (κ3) is 25.6. The number of esters is 8. The smallest absolute Gasteiger partial charge is 0.461 e. The van der Waals surface area contributed by atoms with Gasteiger partial charge in [-0.05, 0) is 69.5 Å². The van der Waals surface area contributed by atoms with Crippen molar-refractivity contribution >= 4 is 70.5 Å². The van der Waals surface area contributed by atoms with Crippen LogP contribution in [0.5, 0.6) is 0 Å². The average Bonchev–Trinajstić information content (AvgIpc) is 0.779. The molecule has 8 aromatic carbocycles. The predicted molar refractivity (Wildman–Crippen MR) is 455 cm³/mol. The zero-order valence-corrected chi connectivity index (χ0v) is 82.1. The maximum atomic E-state index is 15.8. The first-order chi connectivity index (χ1) is 69.3. The number of azide groups is 4. The van der Waals surface area contributed by atoms with Crippen molar-refractivity contribution in [1.82, 2.24) is 0 Å². The van der Waals surface area contributed by atoms with Crippen molar-refractivity contribution in [2.24, 2.45) is 31.3 Å². The quantitative estimate of drug-likeness (QED) is 0.00405. The van der Waals surface area contributed by atoms with Crippen molar-refractivity contribution in [1.29, 1.82) is 0 Å². The zero-order chi connectivity index (χ0) is 114. The van der Waals surface area contributed by atoms with E-state index in [1.807, 2.05) is 0 Å². The molecular formula is C90H72F28N15NaO16. The monoisotopic (exact) mass is 2170 g/mol. The van der Waals surface area contributed by atoms with Crippen LogP contribution in [0.1, 0.15) is 285 Å². The normalized spacial score (nSPS) is 11.6. The third-order valence-corrected chi connectivity index (χ3v) is 21.5. The molecule has 0 atom stereocenters. The van der Waals surface area contributed by atoms with Crippen molar-refractivity contribution in [2.75, 3.05) is 52.9 Å². The summed E-state index contributed by atoms with van der Waals surface area (Å²) in [5.74, 6) is -91.8. The molecule has 0 bridgehead atoms. The minimum Gasteiger partial charge on any atom is -0.461 e. The van der Waals surface area contributed by atoms with Gasteiger partial charge in [-0.1, -0.05) is 131 Å². The molecule has 0 unspecified atom stereocenters. The fourth-order valence-corrected chi connectivity index (χ4v) is 14.5. The molecule has 800 valence electrons. The SMILES string of the molecule is CC(C)c1c(F)c(F)c(F)c(F)c1C(=O)OCC(COC(=O)c1c(F)c(F)c(F)c(F)c1C(C)C)(COC(=O)c1c(F)c(F)c(F)c(F)c1C(C)C)COC(=O)c1c(F)c(F)c(F)c(F)c1C(C)C.CC(C)c1c(F)c(N=[N+]=[N-])c(F)c(F)c1C(=O)OCC(COC(=O)c1c(F)c(F)c(N=[N+]=[N-])c(F)c1C(C)C)(COC(=O)c1c(F)c(F)c(N=[N+]=[N-])c(F)c1C(C)C)COC(=O)c1c(F)c(F)c(N=[N+]=[N-])c(F)c1C(C)C.[N-]=[N+]=[N-].[Na+]. The Bertz CT molecular complexity index is 6230. The van der Waals surface area contributed by atoms with Gasteiger partial charge in [-0.25, -0.2) is 161 Å². The minimum absolute atomic E-state index is 0. The maximum Gasteiger partial charge on any atom is 1.00 e. The fourth-order valence-electron chi connectivity index (χ4n) is 14.5. The first-order valence-electron chi connectivity index (χ1n) is 42.1. The Morgan fingerprint density at radius 3 is 0.400 bits per heavy atom. The van der Waals surface area contributed by atoms with E-state index in [9.17, 15) is 73.5 Å². The van der Waals surface area contributed by atoms with Gasteiger partial charge in [-0.2, -0.15) is 0 Å². The van der Waals surface area contributed by atoms with E-state index < -0.39 is 433 Å².